The van der Waals surface area contributed by atoms with Crippen molar-refractivity contribution < 1.29 is 4.79 Å². The number of hydrogen-bond donors (Lipinski definition) is 2. The van der Waals surface area contributed by atoms with Crippen LogP contribution in [0.2, 0.25) is 0 Å². The largest absolute Gasteiger partial charge is 0.366 e. The number of thiophene rings is 1. The van der Waals surface area contributed by atoms with Gasteiger partial charge in [-0.25, -0.2) is 4.68 Å². The minimum atomic E-state index is -0.231. The van der Waals surface area contributed by atoms with Crippen molar-refractivity contribution in [1.82, 2.24) is 14.8 Å². The molecule has 0 saturated heterocycles. The Morgan fingerprint density at radius 2 is 2.27 bits per heavy atom. The highest BCUT2D eigenvalue weighted by Crippen LogP contribution is 2.45. The van der Waals surface area contributed by atoms with Crippen LogP contribution in [0.3, 0.4) is 0 Å². The summed E-state index contributed by atoms with van der Waals surface area (Å²) in [6.07, 6.45) is 1.37. The molecule has 114 valence electrons. The van der Waals surface area contributed by atoms with Crippen molar-refractivity contribution in [2.24, 2.45) is 5.41 Å². The third-order valence-electron chi connectivity index (χ3n) is 4.21. The van der Waals surface area contributed by atoms with Crippen LogP contribution in [0.1, 0.15) is 38.3 Å². The molecule has 0 spiro atoms. The average molecular weight is 315 g/mol. The first kappa shape index (κ1) is 13.5. The van der Waals surface area contributed by atoms with Crippen molar-refractivity contribution in [3.8, 4) is 0 Å². The van der Waals surface area contributed by atoms with E-state index in [2.05, 4.69) is 34.6 Å². The van der Waals surface area contributed by atoms with Crippen LogP contribution in [-0.4, -0.2) is 20.5 Å². The second-order valence-corrected chi connectivity index (χ2v) is 7.44. The summed E-state index contributed by atoms with van der Waals surface area (Å²) in [4.78, 5) is 17.0. The van der Waals surface area contributed by atoms with Gasteiger partial charge in [-0.2, -0.15) is 16.3 Å². The zero-order valence-corrected chi connectivity index (χ0v) is 13.3. The van der Waals surface area contributed by atoms with Gasteiger partial charge in [0.2, 0.25) is 11.9 Å². The Morgan fingerprint density at radius 1 is 1.45 bits per heavy atom. The smallest absolute Gasteiger partial charge is 0.241 e. The maximum absolute atomic E-state index is 12.8. The molecule has 3 N–H and O–H groups in total. The molecule has 2 aromatic rings. The zero-order valence-electron chi connectivity index (χ0n) is 12.5. The lowest BCUT2D eigenvalue weighted by molar-refractivity contribution is -0.118. The van der Waals surface area contributed by atoms with Crippen molar-refractivity contribution >= 4 is 29.0 Å². The number of carbonyl (C=O) groups is 1. The third kappa shape index (κ3) is 1.96. The lowest BCUT2D eigenvalue weighted by Gasteiger charge is -2.37. The van der Waals surface area contributed by atoms with E-state index in [1.807, 2.05) is 11.4 Å². The van der Waals surface area contributed by atoms with Crippen molar-refractivity contribution in [3.05, 3.63) is 33.7 Å². The van der Waals surface area contributed by atoms with Crippen LogP contribution in [-0.2, 0) is 4.79 Å². The Bertz CT molecular complexity index is 787. The molecule has 2 aromatic heterocycles. The molecule has 0 unspecified atom stereocenters. The highest BCUT2D eigenvalue weighted by molar-refractivity contribution is 7.08. The average Bonchev–Trinajstić information content (AvgIpc) is 3.02. The number of nitrogens with one attached hydrogen (secondary N) is 1. The van der Waals surface area contributed by atoms with Crippen LogP contribution >= 0.6 is 11.3 Å². The van der Waals surface area contributed by atoms with E-state index >= 15 is 0 Å². The van der Waals surface area contributed by atoms with Crippen molar-refractivity contribution in [2.45, 2.75) is 32.7 Å². The van der Waals surface area contributed by atoms with E-state index < -0.39 is 0 Å². The molecule has 0 saturated carbocycles. The van der Waals surface area contributed by atoms with E-state index in [9.17, 15) is 4.79 Å². The van der Waals surface area contributed by atoms with Crippen LogP contribution in [0.15, 0.2) is 28.1 Å². The number of nitrogens with zero attached hydrogens (tertiary/aromatic N) is 3. The number of aromatic nitrogens is 3. The highest BCUT2D eigenvalue weighted by atomic mass is 32.1. The van der Waals surface area contributed by atoms with E-state index in [4.69, 9.17) is 5.73 Å². The fraction of sp³-hybridized carbons (Fsp3) is 0.400. The van der Waals surface area contributed by atoms with E-state index in [0.29, 0.717) is 12.4 Å². The highest BCUT2D eigenvalue weighted by Gasteiger charge is 2.41. The molecule has 3 heterocycles. The van der Waals surface area contributed by atoms with Gasteiger partial charge < -0.3 is 11.1 Å². The van der Waals surface area contributed by atoms with Gasteiger partial charge in [-0.3, -0.25) is 4.79 Å². The van der Waals surface area contributed by atoms with E-state index in [-0.39, 0.29) is 23.2 Å². The van der Waals surface area contributed by atoms with Gasteiger partial charge in [-0.1, -0.05) is 13.8 Å². The van der Waals surface area contributed by atoms with E-state index in [1.165, 1.54) is 0 Å². The number of Topliss-reactive ketones (excluding diaryl/α,β-unsaturated/α-hetero) is 1. The second kappa shape index (κ2) is 4.42. The lowest BCUT2D eigenvalue weighted by atomic mass is 9.73. The molecule has 1 atom stereocenters. The molecule has 4 rings (SSSR count). The summed E-state index contributed by atoms with van der Waals surface area (Å²) in [7, 11) is 0. The molecule has 1 aliphatic carbocycles. The molecule has 22 heavy (non-hydrogen) atoms. The quantitative estimate of drug-likeness (QED) is 0.844. The Kier molecular flexibility index (Phi) is 2.72. The number of ketones is 1. The first-order valence-electron chi connectivity index (χ1n) is 7.22. The summed E-state index contributed by atoms with van der Waals surface area (Å²) in [6, 6.07) is 1.80. The molecule has 2 aliphatic rings. The second-order valence-electron chi connectivity index (χ2n) is 6.66. The lowest BCUT2D eigenvalue weighted by Crippen LogP contribution is -2.36. The molecule has 0 radical (unpaired) electrons. The minimum Gasteiger partial charge on any atom is -0.366 e. The van der Waals surface area contributed by atoms with Gasteiger partial charge >= 0.3 is 0 Å². The van der Waals surface area contributed by atoms with Crippen molar-refractivity contribution in [2.75, 3.05) is 11.1 Å². The van der Waals surface area contributed by atoms with Crippen LogP contribution in [0.4, 0.5) is 11.9 Å². The molecule has 0 amide bonds. The third-order valence-corrected chi connectivity index (χ3v) is 4.91. The van der Waals surface area contributed by atoms with Crippen LogP contribution < -0.4 is 11.1 Å². The number of allylic oxidation sites excluding steroid dienone is 2. The summed E-state index contributed by atoms with van der Waals surface area (Å²) in [5.74, 6) is 1.00. The van der Waals surface area contributed by atoms with Crippen molar-refractivity contribution in [3.63, 3.8) is 0 Å². The number of nitrogen functional groups attached to an aromatic ring is 1. The molecule has 0 aromatic carbocycles. The van der Waals surface area contributed by atoms with Gasteiger partial charge in [0.25, 0.3) is 0 Å². The van der Waals surface area contributed by atoms with Crippen LogP contribution in [0, 0.1) is 5.41 Å². The maximum Gasteiger partial charge on any atom is 0.241 e. The Balaban J connectivity index is 1.92. The number of hydrogen-bond acceptors (Lipinski definition) is 6. The topological polar surface area (TPSA) is 85.8 Å². The summed E-state index contributed by atoms with van der Waals surface area (Å²) in [5, 5.41) is 11.6. The number of rotatable bonds is 1. The summed E-state index contributed by atoms with van der Waals surface area (Å²) in [6.45, 7) is 4.23. The van der Waals surface area contributed by atoms with E-state index in [1.54, 1.807) is 16.0 Å². The van der Waals surface area contributed by atoms with Gasteiger partial charge in [0.05, 0.1) is 0 Å². The number of fused-ring (bicyclic) bond motifs is 1. The normalized spacial score (nSPS) is 23.0. The van der Waals surface area contributed by atoms with Gasteiger partial charge in [0.15, 0.2) is 5.78 Å². The maximum atomic E-state index is 12.8. The van der Waals surface area contributed by atoms with Crippen LogP contribution in [0.25, 0.3) is 0 Å². The molecule has 1 aliphatic heterocycles. The van der Waals surface area contributed by atoms with Crippen molar-refractivity contribution in [1.29, 1.82) is 0 Å². The molecule has 6 nitrogen and oxygen atoms in total. The number of carbonyl (C=O) groups excluding carboxylic acids is 1. The summed E-state index contributed by atoms with van der Waals surface area (Å²) in [5.41, 5.74) is 8.53. The molecule has 0 bridgehead atoms. The molecule has 0 fully saturated rings. The van der Waals surface area contributed by atoms with Gasteiger partial charge in [0, 0.05) is 17.7 Å². The predicted molar refractivity (Wildman–Crippen MR) is 85.6 cm³/mol. The SMILES string of the molecule is CC1(C)CC(=O)C2=C(C1)Nc1nc(N)nn1[C@H]2c1ccsc1. The fourth-order valence-corrected chi connectivity index (χ4v) is 4.04. The van der Waals surface area contributed by atoms with Gasteiger partial charge in [-0.15, -0.1) is 5.10 Å². The Morgan fingerprint density at radius 3 is 3.00 bits per heavy atom. The summed E-state index contributed by atoms with van der Waals surface area (Å²) >= 11 is 1.61. The monoisotopic (exact) mass is 315 g/mol. The Hall–Kier alpha value is -2.15. The van der Waals surface area contributed by atoms with E-state index in [0.717, 1.165) is 23.3 Å². The minimum absolute atomic E-state index is 0.0458. The fourth-order valence-electron chi connectivity index (χ4n) is 3.36. The molecular formula is C15H17N5OS. The number of anilines is 2. The first-order chi connectivity index (χ1) is 10.4. The zero-order chi connectivity index (χ0) is 15.5. The van der Waals surface area contributed by atoms with Crippen LogP contribution in [0.5, 0.6) is 0 Å². The molecule has 7 heteroatoms. The Labute approximate surface area is 132 Å². The standard InChI is InChI=1S/C15H17N5OS/c1-15(2)5-9-11(10(21)6-15)12(8-3-4-22-7-8)20-14(17-9)18-13(16)19-20/h3-4,7,12H,5-6H2,1-2H3,(H3,16,17,18,19)/t12-/m0/s1. The molecular weight excluding hydrogens is 298 g/mol. The summed E-state index contributed by atoms with van der Waals surface area (Å²) < 4.78 is 1.73. The van der Waals surface area contributed by atoms with Gasteiger partial charge in [-0.05, 0) is 34.2 Å². The first-order valence-corrected chi connectivity index (χ1v) is 8.16. The number of nitrogens with two attached hydrogens (primary N) is 1. The van der Waals surface area contributed by atoms with Gasteiger partial charge in [0.1, 0.15) is 6.04 Å². The predicted octanol–water partition coefficient (Wildman–Crippen LogP) is 2.58.